The third kappa shape index (κ3) is 2.61. The Labute approximate surface area is 114 Å². The molecule has 96 valence electrons. The van der Waals surface area contributed by atoms with Crippen LogP contribution in [0.1, 0.15) is 12.0 Å². The van der Waals surface area contributed by atoms with Gasteiger partial charge in [0.1, 0.15) is 18.4 Å². The number of aliphatic carboxylic acids is 1. The van der Waals surface area contributed by atoms with Crippen molar-refractivity contribution >= 4 is 34.2 Å². The van der Waals surface area contributed by atoms with E-state index in [1.807, 2.05) is 0 Å². The minimum Gasteiger partial charge on any atom is -0.489 e. The van der Waals surface area contributed by atoms with Crippen LogP contribution in [0.15, 0.2) is 23.8 Å². The molecule has 1 aliphatic heterocycles. The van der Waals surface area contributed by atoms with E-state index in [0.717, 1.165) is 0 Å². The molecule has 1 aromatic rings. The van der Waals surface area contributed by atoms with Gasteiger partial charge in [0.15, 0.2) is 0 Å². The van der Waals surface area contributed by atoms with Crippen molar-refractivity contribution in [1.82, 2.24) is 0 Å². The first-order chi connectivity index (χ1) is 8.49. The summed E-state index contributed by atoms with van der Waals surface area (Å²) in [5, 5.41) is 9.79. The Hall–Kier alpha value is -1.23. The van der Waals surface area contributed by atoms with Crippen molar-refractivity contribution in [3.8, 4) is 5.75 Å². The molecule has 1 unspecified atom stereocenters. The molecule has 1 aromatic carbocycles. The summed E-state index contributed by atoms with van der Waals surface area (Å²) in [5.74, 6) is -0.430. The fourth-order valence-electron chi connectivity index (χ4n) is 1.72. The van der Waals surface area contributed by atoms with E-state index >= 15 is 0 Å². The highest BCUT2D eigenvalue weighted by atomic mass is 35.5. The Balaban J connectivity index is 2.33. The first-order valence-corrected chi connectivity index (χ1v) is 6.03. The first-order valence-electron chi connectivity index (χ1n) is 5.27. The summed E-state index contributed by atoms with van der Waals surface area (Å²) in [6.07, 6.45) is 0.153. The summed E-state index contributed by atoms with van der Waals surface area (Å²) in [4.78, 5) is 10.7. The molecular formula is C12H11Cl2NO3. The largest absolute Gasteiger partial charge is 0.489 e. The lowest BCUT2D eigenvalue weighted by molar-refractivity contribution is -0.138. The Kier molecular flexibility index (Phi) is 3.80. The zero-order valence-corrected chi connectivity index (χ0v) is 10.8. The fourth-order valence-corrected chi connectivity index (χ4v) is 2.17. The molecule has 18 heavy (non-hydrogen) atoms. The number of carbonyl (C=O) groups is 1. The number of carboxylic acids is 1. The van der Waals surface area contributed by atoms with Crippen molar-refractivity contribution < 1.29 is 14.6 Å². The summed E-state index contributed by atoms with van der Waals surface area (Å²) >= 11 is 12.1. The third-order valence-electron chi connectivity index (χ3n) is 2.67. The molecule has 0 bridgehead atoms. The van der Waals surface area contributed by atoms with Crippen molar-refractivity contribution in [3.05, 3.63) is 34.4 Å². The summed E-state index contributed by atoms with van der Waals surface area (Å²) in [7, 11) is 0. The Morgan fingerprint density at radius 2 is 2.22 bits per heavy atom. The van der Waals surface area contributed by atoms with E-state index < -0.39 is 12.0 Å². The maximum absolute atomic E-state index is 10.7. The predicted octanol–water partition coefficient (Wildman–Crippen LogP) is 2.48. The summed E-state index contributed by atoms with van der Waals surface area (Å²) in [5.41, 5.74) is 6.82. The van der Waals surface area contributed by atoms with Gasteiger partial charge in [-0.1, -0.05) is 23.2 Å². The molecule has 0 saturated carbocycles. The molecule has 1 atom stereocenters. The second-order valence-corrected chi connectivity index (χ2v) is 4.81. The van der Waals surface area contributed by atoms with Crippen LogP contribution in [-0.2, 0) is 4.79 Å². The Morgan fingerprint density at radius 1 is 1.50 bits per heavy atom. The average Bonchev–Trinajstić information content (AvgIpc) is 2.33. The Morgan fingerprint density at radius 3 is 2.89 bits per heavy atom. The van der Waals surface area contributed by atoms with Gasteiger partial charge < -0.3 is 15.6 Å². The van der Waals surface area contributed by atoms with Crippen LogP contribution in [0.25, 0.3) is 5.03 Å². The number of hydrogen-bond donors (Lipinski definition) is 2. The molecule has 3 N–H and O–H groups in total. The molecule has 6 heteroatoms. The van der Waals surface area contributed by atoms with Crippen LogP contribution in [0, 0.1) is 0 Å². The maximum Gasteiger partial charge on any atom is 0.320 e. The van der Waals surface area contributed by atoms with Gasteiger partial charge in [-0.05, 0) is 30.2 Å². The molecule has 0 radical (unpaired) electrons. The predicted molar refractivity (Wildman–Crippen MR) is 69.9 cm³/mol. The molecule has 0 aliphatic carbocycles. The lowest BCUT2D eigenvalue weighted by Crippen LogP contribution is -2.31. The molecule has 0 aromatic heterocycles. The van der Waals surface area contributed by atoms with Gasteiger partial charge in [-0.3, -0.25) is 4.79 Å². The summed E-state index contributed by atoms with van der Waals surface area (Å²) < 4.78 is 5.49. The van der Waals surface area contributed by atoms with E-state index in [0.29, 0.717) is 26.9 Å². The second-order valence-electron chi connectivity index (χ2n) is 4.00. The number of fused-ring (bicyclic) bond motifs is 1. The van der Waals surface area contributed by atoms with E-state index in [9.17, 15) is 4.79 Å². The Bertz CT molecular complexity index is 528. The molecule has 2 rings (SSSR count). The normalized spacial score (nSPS) is 15.9. The van der Waals surface area contributed by atoms with Crippen LogP contribution in [0.4, 0.5) is 0 Å². The number of benzene rings is 1. The van der Waals surface area contributed by atoms with Crippen LogP contribution < -0.4 is 10.5 Å². The molecule has 1 aliphatic rings. The van der Waals surface area contributed by atoms with Crippen LogP contribution in [0.2, 0.25) is 5.02 Å². The number of nitrogens with two attached hydrogens (primary N) is 1. The number of carboxylic acid groups (broad SMARTS) is 1. The van der Waals surface area contributed by atoms with Gasteiger partial charge in [-0.2, -0.15) is 0 Å². The molecule has 0 saturated heterocycles. The van der Waals surface area contributed by atoms with E-state index in [4.69, 9.17) is 38.8 Å². The second kappa shape index (κ2) is 5.18. The molecule has 1 heterocycles. The number of halogens is 2. The minimum atomic E-state index is -1.07. The average molecular weight is 288 g/mol. The number of ether oxygens (including phenoxy) is 1. The van der Waals surface area contributed by atoms with Gasteiger partial charge in [-0.25, -0.2) is 0 Å². The van der Waals surface area contributed by atoms with Gasteiger partial charge in [0.05, 0.1) is 5.03 Å². The van der Waals surface area contributed by atoms with Gasteiger partial charge in [0.2, 0.25) is 0 Å². The number of rotatable bonds is 3. The SMILES string of the molecule is NC(CC1=C(Cl)c2cc(Cl)ccc2OC1)C(=O)O. The summed E-state index contributed by atoms with van der Waals surface area (Å²) in [6.45, 7) is 0.244. The van der Waals surface area contributed by atoms with E-state index in [-0.39, 0.29) is 13.0 Å². The van der Waals surface area contributed by atoms with Crippen molar-refractivity contribution in [2.24, 2.45) is 5.73 Å². The van der Waals surface area contributed by atoms with Crippen LogP contribution in [0.3, 0.4) is 0 Å². The van der Waals surface area contributed by atoms with Crippen LogP contribution in [-0.4, -0.2) is 23.7 Å². The van der Waals surface area contributed by atoms with Gasteiger partial charge in [-0.15, -0.1) is 0 Å². The molecule has 0 fully saturated rings. The zero-order chi connectivity index (χ0) is 13.3. The monoisotopic (exact) mass is 287 g/mol. The molecule has 0 spiro atoms. The minimum absolute atomic E-state index is 0.153. The van der Waals surface area contributed by atoms with Crippen LogP contribution in [0.5, 0.6) is 5.75 Å². The van der Waals surface area contributed by atoms with E-state index in [1.165, 1.54) is 0 Å². The summed E-state index contributed by atoms with van der Waals surface area (Å²) in [6, 6.07) is 4.13. The van der Waals surface area contributed by atoms with Crippen molar-refractivity contribution in [1.29, 1.82) is 0 Å². The van der Waals surface area contributed by atoms with Gasteiger partial charge in [0, 0.05) is 10.6 Å². The standard InChI is InChI=1S/C12H11Cl2NO3/c13-7-1-2-10-8(4-7)11(14)6(5-18-10)3-9(15)12(16)17/h1-2,4,9H,3,5,15H2,(H,16,17). The smallest absolute Gasteiger partial charge is 0.320 e. The van der Waals surface area contributed by atoms with E-state index in [2.05, 4.69) is 0 Å². The lowest BCUT2D eigenvalue weighted by atomic mass is 10.0. The highest BCUT2D eigenvalue weighted by Gasteiger charge is 2.22. The topological polar surface area (TPSA) is 72.5 Å². The number of hydrogen-bond acceptors (Lipinski definition) is 3. The molecule has 0 amide bonds. The highest BCUT2D eigenvalue weighted by Crippen LogP contribution is 2.38. The van der Waals surface area contributed by atoms with Gasteiger partial charge >= 0.3 is 5.97 Å². The quantitative estimate of drug-likeness (QED) is 0.896. The van der Waals surface area contributed by atoms with Crippen molar-refractivity contribution in [2.45, 2.75) is 12.5 Å². The highest BCUT2D eigenvalue weighted by molar-refractivity contribution is 6.50. The fraction of sp³-hybridized carbons (Fsp3) is 0.250. The van der Waals surface area contributed by atoms with E-state index in [1.54, 1.807) is 18.2 Å². The lowest BCUT2D eigenvalue weighted by Gasteiger charge is -2.22. The van der Waals surface area contributed by atoms with Gasteiger partial charge in [0.25, 0.3) is 0 Å². The first kappa shape index (κ1) is 13.2. The molecule has 4 nitrogen and oxygen atoms in total. The van der Waals surface area contributed by atoms with Crippen LogP contribution >= 0.6 is 23.2 Å². The zero-order valence-electron chi connectivity index (χ0n) is 9.32. The third-order valence-corrected chi connectivity index (χ3v) is 3.38. The van der Waals surface area contributed by atoms with Crippen molar-refractivity contribution in [2.75, 3.05) is 6.61 Å². The maximum atomic E-state index is 10.7. The van der Waals surface area contributed by atoms with Crippen molar-refractivity contribution in [3.63, 3.8) is 0 Å². The molecular weight excluding hydrogens is 277 g/mol.